The maximum atomic E-state index is 10.2. The van der Waals surface area contributed by atoms with Gasteiger partial charge in [0.1, 0.15) is 24.4 Å². The standard InChI is InChI=1S/C12H26O4S.C6H12O6.H3N.H2S/c1-2-3-4-5-6-7-8-9-10-11-12-16-17(13,14)15;7-1-3(9)5(11)6(12)4(10)2-8;;/h2-12H2,1H3,(H,13,14,15);1,3-6,8-12H,2H2;1H3;1H2. The molecule has 0 aromatic carbocycles. The Kier molecular flexibility index (Phi) is 29.7. The number of carbonyl (C=O) groups excluding carboxylic acids is 1. The molecule has 11 nitrogen and oxygen atoms in total. The molecule has 0 bridgehead atoms. The van der Waals surface area contributed by atoms with Crippen molar-refractivity contribution in [3.8, 4) is 0 Å². The molecule has 4 atom stereocenters. The Morgan fingerprint density at radius 1 is 0.839 bits per heavy atom. The summed E-state index contributed by atoms with van der Waals surface area (Å²) in [5, 5.41) is 43.5. The van der Waals surface area contributed by atoms with Crippen molar-refractivity contribution in [2.75, 3.05) is 13.2 Å². The largest absolute Gasteiger partial charge is 0.397 e. The summed E-state index contributed by atoms with van der Waals surface area (Å²) in [7, 11) is -4.23. The molecular weight excluding hydrogens is 454 g/mol. The minimum atomic E-state index is -4.23. The quantitative estimate of drug-likeness (QED) is 0.0839. The highest BCUT2D eigenvalue weighted by molar-refractivity contribution is 7.80. The molecule has 0 saturated heterocycles. The third-order valence-electron chi connectivity index (χ3n) is 4.15. The van der Waals surface area contributed by atoms with Gasteiger partial charge in [0.15, 0.2) is 6.29 Å². The molecule has 0 aromatic heterocycles. The van der Waals surface area contributed by atoms with Crippen molar-refractivity contribution >= 4 is 30.2 Å². The van der Waals surface area contributed by atoms with Crippen LogP contribution in [-0.2, 0) is 19.4 Å². The predicted molar refractivity (Wildman–Crippen MR) is 122 cm³/mol. The summed E-state index contributed by atoms with van der Waals surface area (Å²) in [4.78, 5) is 9.90. The number of hydrogen-bond acceptors (Lipinski definition) is 10. The lowest BCUT2D eigenvalue weighted by Crippen LogP contribution is -2.46. The van der Waals surface area contributed by atoms with Gasteiger partial charge in [-0.3, -0.25) is 4.55 Å². The van der Waals surface area contributed by atoms with Gasteiger partial charge in [-0.15, -0.1) is 0 Å². The molecule has 0 aliphatic carbocycles. The van der Waals surface area contributed by atoms with Crippen LogP contribution in [0.15, 0.2) is 0 Å². The van der Waals surface area contributed by atoms with Crippen LogP contribution >= 0.6 is 13.5 Å². The lowest BCUT2D eigenvalue weighted by Gasteiger charge is -2.22. The molecule has 9 N–H and O–H groups in total. The number of rotatable bonds is 17. The van der Waals surface area contributed by atoms with E-state index in [4.69, 9.17) is 30.1 Å². The van der Waals surface area contributed by atoms with Crippen LogP contribution in [0.1, 0.15) is 71.1 Å². The first-order valence-corrected chi connectivity index (χ1v) is 11.4. The van der Waals surface area contributed by atoms with E-state index in [1.807, 2.05) is 0 Å². The third-order valence-corrected chi connectivity index (χ3v) is 4.62. The number of aliphatic hydroxyl groups excluding tert-OH is 5. The zero-order valence-electron chi connectivity index (χ0n) is 18.3. The van der Waals surface area contributed by atoms with Crippen molar-refractivity contribution in [3.63, 3.8) is 0 Å². The van der Waals surface area contributed by atoms with Gasteiger partial charge in [0, 0.05) is 0 Å². The molecule has 0 fully saturated rings. The maximum absolute atomic E-state index is 10.2. The van der Waals surface area contributed by atoms with E-state index < -0.39 is 41.4 Å². The molecule has 0 aliphatic rings. The Hall–Kier alpha value is -0.350. The second kappa shape index (κ2) is 24.3. The first-order chi connectivity index (χ1) is 13.6. The number of aliphatic hydroxyl groups is 5. The van der Waals surface area contributed by atoms with Crippen molar-refractivity contribution in [2.24, 2.45) is 0 Å². The molecule has 13 heteroatoms. The molecule has 0 radical (unpaired) electrons. The minimum Gasteiger partial charge on any atom is -0.394 e. The number of aldehydes is 1. The summed E-state index contributed by atoms with van der Waals surface area (Å²) in [6.07, 6.45) is 5.01. The second-order valence-corrected chi connectivity index (χ2v) is 7.88. The molecule has 0 saturated carbocycles. The molecule has 192 valence electrons. The van der Waals surface area contributed by atoms with Crippen LogP contribution in [0.25, 0.3) is 0 Å². The average Bonchev–Trinajstić information content (AvgIpc) is 2.69. The summed E-state index contributed by atoms with van der Waals surface area (Å²) in [5.41, 5.74) is 0. The first-order valence-electron chi connectivity index (χ1n) is 10.0. The van der Waals surface area contributed by atoms with E-state index in [9.17, 15) is 13.2 Å². The van der Waals surface area contributed by atoms with E-state index in [0.29, 0.717) is 6.42 Å². The fraction of sp³-hybridized carbons (Fsp3) is 0.944. The van der Waals surface area contributed by atoms with Gasteiger partial charge in [-0.1, -0.05) is 64.7 Å². The van der Waals surface area contributed by atoms with Crippen molar-refractivity contribution in [3.05, 3.63) is 0 Å². The van der Waals surface area contributed by atoms with Gasteiger partial charge in [-0.25, -0.2) is 4.18 Å². The molecule has 31 heavy (non-hydrogen) atoms. The average molecular weight is 498 g/mol. The topological polar surface area (TPSA) is 217 Å². The van der Waals surface area contributed by atoms with Crippen molar-refractivity contribution in [1.82, 2.24) is 6.15 Å². The van der Waals surface area contributed by atoms with Crippen LogP contribution in [0.3, 0.4) is 0 Å². The normalized spacial score (nSPS) is 14.7. The predicted octanol–water partition coefficient (Wildman–Crippen LogP) is 0.623. The Morgan fingerprint density at radius 2 is 1.26 bits per heavy atom. The molecular formula is C18H43NO10S2. The summed E-state index contributed by atoms with van der Waals surface area (Å²) in [6.45, 7) is 1.55. The lowest BCUT2D eigenvalue weighted by molar-refractivity contribution is -0.136. The van der Waals surface area contributed by atoms with E-state index in [1.54, 1.807) is 0 Å². The fourth-order valence-corrected chi connectivity index (χ4v) is 2.70. The Bertz CT molecular complexity index is 482. The van der Waals surface area contributed by atoms with Crippen LogP contribution < -0.4 is 6.15 Å². The van der Waals surface area contributed by atoms with Gasteiger partial charge in [0.05, 0.1) is 13.2 Å². The third kappa shape index (κ3) is 25.8. The molecule has 0 heterocycles. The number of unbranched alkanes of at least 4 members (excludes halogenated alkanes) is 9. The SMILES string of the molecule is CCCCCCCCCCCCOS(=O)(=O)O.N.O=CC(O)C(O)C(O)C(O)CO.S. The van der Waals surface area contributed by atoms with E-state index in [-0.39, 0.29) is 32.5 Å². The number of hydrogen-bond donors (Lipinski definition) is 7. The van der Waals surface area contributed by atoms with Crippen LogP contribution in [0.4, 0.5) is 0 Å². The summed E-state index contributed by atoms with van der Waals surface area (Å²) >= 11 is 0. The molecule has 4 unspecified atom stereocenters. The van der Waals surface area contributed by atoms with Gasteiger partial charge in [0.2, 0.25) is 0 Å². The van der Waals surface area contributed by atoms with Crippen LogP contribution in [-0.4, -0.2) is 82.4 Å². The molecule has 0 aliphatic heterocycles. The molecule has 0 spiro atoms. The van der Waals surface area contributed by atoms with Crippen molar-refractivity contribution < 1.29 is 47.5 Å². The zero-order chi connectivity index (χ0) is 22.7. The summed E-state index contributed by atoms with van der Waals surface area (Å²) in [6, 6.07) is 0. The van der Waals surface area contributed by atoms with E-state index in [0.717, 1.165) is 12.8 Å². The van der Waals surface area contributed by atoms with Crippen molar-refractivity contribution in [2.45, 2.75) is 95.5 Å². The molecule has 0 amide bonds. The van der Waals surface area contributed by atoms with Gasteiger partial charge in [-0.05, 0) is 6.42 Å². The highest BCUT2D eigenvalue weighted by Crippen LogP contribution is 2.10. The summed E-state index contributed by atoms with van der Waals surface area (Å²) in [5.74, 6) is 0. The van der Waals surface area contributed by atoms with Crippen LogP contribution in [0.2, 0.25) is 0 Å². The van der Waals surface area contributed by atoms with E-state index in [2.05, 4.69) is 11.1 Å². The van der Waals surface area contributed by atoms with E-state index >= 15 is 0 Å². The second-order valence-electron chi connectivity index (χ2n) is 6.79. The van der Waals surface area contributed by atoms with Gasteiger partial charge < -0.3 is 36.5 Å². The Labute approximate surface area is 192 Å². The Balaban J connectivity index is -0.000000232. The van der Waals surface area contributed by atoms with Gasteiger partial charge >= 0.3 is 10.4 Å². The van der Waals surface area contributed by atoms with Gasteiger partial charge in [-0.2, -0.15) is 21.9 Å². The van der Waals surface area contributed by atoms with E-state index in [1.165, 1.54) is 44.9 Å². The van der Waals surface area contributed by atoms with Crippen LogP contribution in [0, 0.1) is 0 Å². The zero-order valence-corrected chi connectivity index (χ0v) is 20.1. The molecule has 0 rings (SSSR count). The highest BCUT2D eigenvalue weighted by Gasteiger charge is 2.29. The lowest BCUT2D eigenvalue weighted by atomic mass is 10.0. The summed E-state index contributed by atoms with van der Waals surface area (Å²) < 4.78 is 33.0. The van der Waals surface area contributed by atoms with Gasteiger partial charge in [0.25, 0.3) is 0 Å². The monoisotopic (exact) mass is 497 g/mol. The first kappa shape index (κ1) is 37.9. The number of carbonyl (C=O) groups is 1. The fourth-order valence-electron chi connectivity index (χ4n) is 2.37. The van der Waals surface area contributed by atoms with Crippen molar-refractivity contribution in [1.29, 1.82) is 0 Å². The molecule has 0 aromatic rings. The van der Waals surface area contributed by atoms with Crippen LogP contribution in [0.5, 0.6) is 0 Å². The smallest absolute Gasteiger partial charge is 0.394 e. The minimum absolute atomic E-state index is 0. The maximum Gasteiger partial charge on any atom is 0.397 e. The Morgan fingerprint density at radius 3 is 1.61 bits per heavy atom. The highest BCUT2D eigenvalue weighted by atomic mass is 32.3.